The molecule has 0 aromatic heterocycles. The molecular formula is C20H21N3O4. The fourth-order valence-electron chi connectivity index (χ4n) is 2.56. The standard InChI is InChI=1S/C20H21N3O4/c1-2-11-26-16-9-7-15(8-10-16)12-21-22-19(24)13-23-17-5-3-4-6-18(17)27-14-20(23)25/h3-10,12H,2,11,13-14H2,1H3,(H,22,24)/b21-12-. The molecule has 0 aliphatic carbocycles. The highest BCUT2D eigenvalue weighted by molar-refractivity contribution is 6.02. The predicted molar refractivity (Wildman–Crippen MR) is 102 cm³/mol. The van der Waals surface area contributed by atoms with Crippen molar-refractivity contribution in [2.24, 2.45) is 5.10 Å². The molecule has 1 aliphatic heterocycles. The predicted octanol–water partition coefficient (Wildman–Crippen LogP) is 2.35. The number of hydrogen-bond donors (Lipinski definition) is 1. The average molecular weight is 367 g/mol. The van der Waals surface area contributed by atoms with Crippen molar-refractivity contribution in [3.63, 3.8) is 0 Å². The average Bonchev–Trinajstić information content (AvgIpc) is 2.69. The maximum atomic E-state index is 12.1. The lowest BCUT2D eigenvalue weighted by molar-refractivity contribution is -0.125. The number of nitrogens with one attached hydrogen (secondary N) is 1. The van der Waals surface area contributed by atoms with Gasteiger partial charge >= 0.3 is 0 Å². The first-order valence-electron chi connectivity index (χ1n) is 8.74. The summed E-state index contributed by atoms with van der Waals surface area (Å²) in [6.45, 7) is 2.51. The zero-order valence-corrected chi connectivity index (χ0v) is 15.1. The van der Waals surface area contributed by atoms with Gasteiger partial charge < -0.3 is 9.47 Å². The second-order valence-corrected chi connectivity index (χ2v) is 5.95. The normalized spacial score (nSPS) is 13.2. The van der Waals surface area contributed by atoms with Crippen LogP contribution in [0.1, 0.15) is 18.9 Å². The third-order valence-corrected chi connectivity index (χ3v) is 3.87. The molecule has 0 fully saturated rings. The lowest BCUT2D eigenvalue weighted by Crippen LogP contribution is -2.44. The van der Waals surface area contributed by atoms with Gasteiger partial charge in [0.15, 0.2) is 6.61 Å². The Morgan fingerprint density at radius 2 is 2.04 bits per heavy atom. The van der Waals surface area contributed by atoms with E-state index in [1.54, 1.807) is 18.2 Å². The summed E-state index contributed by atoms with van der Waals surface area (Å²) in [5, 5.41) is 3.95. The Bertz CT molecular complexity index is 833. The van der Waals surface area contributed by atoms with E-state index in [1.165, 1.54) is 11.1 Å². The van der Waals surface area contributed by atoms with Crippen LogP contribution >= 0.6 is 0 Å². The Hall–Kier alpha value is -3.35. The number of hydrogen-bond acceptors (Lipinski definition) is 5. The minimum absolute atomic E-state index is 0.0833. The van der Waals surface area contributed by atoms with Crippen molar-refractivity contribution in [2.75, 3.05) is 24.7 Å². The van der Waals surface area contributed by atoms with Gasteiger partial charge in [0.25, 0.3) is 11.8 Å². The first-order valence-corrected chi connectivity index (χ1v) is 8.74. The van der Waals surface area contributed by atoms with Crippen LogP contribution in [-0.4, -0.2) is 37.8 Å². The van der Waals surface area contributed by atoms with Crippen LogP contribution < -0.4 is 19.8 Å². The molecule has 0 saturated heterocycles. The van der Waals surface area contributed by atoms with Crippen molar-refractivity contribution in [3.8, 4) is 11.5 Å². The van der Waals surface area contributed by atoms with E-state index in [1.807, 2.05) is 37.3 Å². The Labute approximate surface area is 157 Å². The van der Waals surface area contributed by atoms with Crippen molar-refractivity contribution in [1.29, 1.82) is 0 Å². The summed E-state index contributed by atoms with van der Waals surface area (Å²) < 4.78 is 10.9. The summed E-state index contributed by atoms with van der Waals surface area (Å²) in [4.78, 5) is 25.6. The highest BCUT2D eigenvalue weighted by atomic mass is 16.5. The lowest BCUT2D eigenvalue weighted by atomic mass is 10.2. The second kappa shape index (κ2) is 8.84. The molecule has 140 valence electrons. The molecule has 2 aromatic carbocycles. The van der Waals surface area contributed by atoms with E-state index in [-0.39, 0.29) is 25.0 Å². The van der Waals surface area contributed by atoms with Crippen LogP contribution in [0.4, 0.5) is 5.69 Å². The summed E-state index contributed by atoms with van der Waals surface area (Å²) in [6.07, 6.45) is 2.49. The van der Waals surface area contributed by atoms with Crippen molar-refractivity contribution in [3.05, 3.63) is 54.1 Å². The number of hydrazone groups is 1. The van der Waals surface area contributed by atoms with E-state index in [4.69, 9.17) is 9.47 Å². The van der Waals surface area contributed by atoms with Crippen molar-refractivity contribution < 1.29 is 19.1 Å². The van der Waals surface area contributed by atoms with Crippen LogP contribution in [-0.2, 0) is 9.59 Å². The highest BCUT2D eigenvalue weighted by Gasteiger charge is 2.26. The zero-order valence-electron chi connectivity index (χ0n) is 15.1. The summed E-state index contributed by atoms with van der Waals surface area (Å²) in [5.41, 5.74) is 3.85. The van der Waals surface area contributed by atoms with Gasteiger partial charge in [0.05, 0.1) is 18.5 Å². The molecule has 2 aromatic rings. The fourth-order valence-corrected chi connectivity index (χ4v) is 2.56. The van der Waals surface area contributed by atoms with Crippen molar-refractivity contribution in [2.45, 2.75) is 13.3 Å². The SMILES string of the molecule is CCCOc1ccc(/C=N\NC(=O)CN2C(=O)COc3ccccc32)cc1. The minimum Gasteiger partial charge on any atom is -0.494 e. The maximum Gasteiger partial charge on any atom is 0.265 e. The van der Waals surface area contributed by atoms with Gasteiger partial charge in [-0.15, -0.1) is 0 Å². The molecule has 0 radical (unpaired) electrons. The summed E-state index contributed by atoms with van der Waals surface area (Å²) in [7, 11) is 0. The highest BCUT2D eigenvalue weighted by Crippen LogP contribution is 2.31. The van der Waals surface area contributed by atoms with Gasteiger partial charge in [0, 0.05) is 0 Å². The number of amides is 2. The second-order valence-electron chi connectivity index (χ2n) is 5.95. The molecule has 0 saturated carbocycles. The molecule has 1 N–H and O–H groups in total. The minimum atomic E-state index is -0.390. The first-order chi connectivity index (χ1) is 13.2. The third-order valence-electron chi connectivity index (χ3n) is 3.87. The van der Waals surface area contributed by atoms with Crippen molar-refractivity contribution >= 4 is 23.7 Å². The molecule has 0 bridgehead atoms. The monoisotopic (exact) mass is 367 g/mol. The maximum absolute atomic E-state index is 12.1. The number of nitrogens with zero attached hydrogens (tertiary/aromatic N) is 2. The number of ether oxygens (including phenoxy) is 2. The molecule has 27 heavy (non-hydrogen) atoms. The van der Waals surface area contributed by atoms with Gasteiger partial charge in [-0.25, -0.2) is 5.43 Å². The molecule has 1 heterocycles. The number of benzene rings is 2. The van der Waals surface area contributed by atoms with Gasteiger partial charge in [-0.2, -0.15) is 5.10 Å². The van der Waals surface area contributed by atoms with Gasteiger partial charge in [-0.1, -0.05) is 19.1 Å². The molecule has 7 nitrogen and oxygen atoms in total. The lowest BCUT2D eigenvalue weighted by Gasteiger charge is -2.28. The number of fused-ring (bicyclic) bond motifs is 1. The number of carbonyl (C=O) groups excluding carboxylic acids is 2. The number of anilines is 1. The molecule has 0 spiro atoms. The molecule has 7 heteroatoms. The first kappa shape index (κ1) is 18.4. The number of para-hydroxylation sites is 2. The van der Waals surface area contributed by atoms with Crippen LogP contribution in [0.15, 0.2) is 53.6 Å². The Morgan fingerprint density at radius 3 is 2.81 bits per heavy atom. The van der Waals surface area contributed by atoms with E-state index >= 15 is 0 Å². The fraction of sp³-hybridized carbons (Fsp3) is 0.250. The van der Waals surface area contributed by atoms with E-state index < -0.39 is 0 Å². The summed E-state index contributed by atoms with van der Waals surface area (Å²) in [5.74, 6) is 0.719. The molecular weight excluding hydrogens is 346 g/mol. The van der Waals surface area contributed by atoms with Gasteiger partial charge in [-0.05, 0) is 48.4 Å². The Balaban J connectivity index is 1.55. The van der Waals surface area contributed by atoms with Crippen molar-refractivity contribution in [1.82, 2.24) is 5.43 Å². The van der Waals surface area contributed by atoms with Crippen LogP contribution in [0.3, 0.4) is 0 Å². The third kappa shape index (κ3) is 4.84. The Kier molecular flexibility index (Phi) is 6.04. The quantitative estimate of drug-likeness (QED) is 0.602. The molecule has 2 amide bonds. The van der Waals surface area contributed by atoms with Crippen LogP contribution in [0, 0.1) is 0 Å². The zero-order chi connectivity index (χ0) is 19.1. The smallest absolute Gasteiger partial charge is 0.265 e. The van der Waals surface area contributed by atoms with Gasteiger partial charge in [-0.3, -0.25) is 14.5 Å². The number of carbonyl (C=O) groups is 2. The van der Waals surface area contributed by atoms with Gasteiger partial charge in [0.2, 0.25) is 0 Å². The largest absolute Gasteiger partial charge is 0.494 e. The van der Waals surface area contributed by atoms with Crippen LogP contribution in [0.2, 0.25) is 0 Å². The number of rotatable bonds is 7. The Morgan fingerprint density at radius 1 is 1.26 bits per heavy atom. The summed E-state index contributed by atoms with van der Waals surface area (Å²) >= 11 is 0. The summed E-state index contributed by atoms with van der Waals surface area (Å²) in [6, 6.07) is 14.5. The molecule has 3 rings (SSSR count). The molecule has 0 atom stereocenters. The van der Waals surface area contributed by atoms with Crippen LogP contribution in [0.25, 0.3) is 0 Å². The van der Waals surface area contributed by atoms with E-state index in [2.05, 4.69) is 10.5 Å². The van der Waals surface area contributed by atoms with Crippen LogP contribution in [0.5, 0.6) is 11.5 Å². The van der Waals surface area contributed by atoms with E-state index in [9.17, 15) is 9.59 Å². The molecule has 0 unspecified atom stereocenters. The topological polar surface area (TPSA) is 80.2 Å². The van der Waals surface area contributed by atoms with E-state index in [0.717, 1.165) is 17.7 Å². The van der Waals surface area contributed by atoms with E-state index in [0.29, 0.717) is 18.0 Å². The van der Waals surface area contributed by atoms with Gasteiger partial charge in [0.1, 0.15) is 18.0 Å². The molecule has 1 aliphatic rings.